The quantitative estimate of drug-likeness (QED) is 0.117. The predicted molar refractivity (Wildman–Crippen MR) is 259 cm³/mol. The molecule has 2 amide bonds. The van der Waals surface area contributed by atoms with E-state index in [2.05, 4.69) is 15.9 Å². The van der Waals surface area contributed by atoms with Crippen molar-refractivity contribution in [3.63, 3.8) is 0 Å². The van der Waals surface area contributed by atoms with Gasteiger partial charge >= 0.3 is 7.12 Å². The maximum Gasteiger partial charge on any atom is 0.494 e. The Kier molecular flexibility index (Phi) is 12.9. The number of benzene rings is 4. The fraction of sp³-hybridized carbons (Fsp3) is 0.462. The van der Waals surface area contributed by atoms with Crippen LogP contribution >= 0.6 is 15.9 Å². The minimum absolute atomic E-state index is 0.182. The summed E-state index contributed by atoms with van der Waals surface area (Å²) in [7, 11) is -0.608. The van der Waals surface area contributed by atoms with E-state index in [4.69, 9.17) is 19.3 Å². The van der Waals surface area contributed by atoms with Crippen molar-refractivity contribution in [2.24, 2.45) is 0 Å². The lowest BCUT2D eigenvalue weighted by Gasteiger charge is -2.32. The molecule has 0 N–H and O–H groups in total. The van der Waals surface area contributed by atoms with Gasteiger partial charge in [-0.1, -0.05) is 22.0 Å². The number of fused-ring (bicyclic) bond motifs is 2. The molecule has 72 heavy (non-hydrogen) atoms. The third-order valence-corrected chi connectivity index (χ3v) is 15.9. The molecule has 3 aliphatic heterocycles. The molecular weight excluding hydrogens is 1020 g/mol. The molecule has 5 fully saturated rings. The van der Waals surface area contributed by atoms with E-state index in [0.29, 0.717) is 48.4 Å². The van der Waals surface area contributed by atoms with Gasteiger partial charge in [-0.2, -0.15) is 0 Å². The average Bonchev–Trinajstić information content (AvgIpc) is 4.13. The van der Waals surface area contributed by atoms with Crippen LogP contribution in [-0.4, -0.2) is 61.1 Å². The molecule has 0 spiro atoms. The highest BCUT2D eigenvalue weighted by Gasteiger charge is 2.52. The summed E-state index contributed by atoms with van der Waals surface area (Å²) >= 11 is 3.44. The number of carbonyl (C=O) groups is 2. The zero-order valence-electron chi connectivity index (χ0n) is 40.0. The maximum absolute atomic E-state index is 14.2. The summed E-state index contributed by atoms with van der Waals surface area (Å²) in [4.78, 5) is 38.5. The zero-order chi connectivity index (χ0) is 51.2. The van der Waals surface area contributed by atoms with E-state index in [9.17, 15) is 44.7 Å². The highest BCUT2D eigenvalue weighted by atomic mass is 79.9. The number of hydrogen-bond donors (Lipinski definition) is 0. The minimum atomic E-state index is -2.71. The Hall–Kier alpha value is -5.34. The number of aromatic nitrogens is 4. The molecule has 0 radical (unpaired) electrons. The number of carbonyl (C=O) groups excluding carboxylic acids is 2. The summed E-state index contributed by atoms with van der Waals surface area (Å²) in [5, 5.41) is 0. The monoisotopic (exact) mass is 1070 g/mol. The van der Waals surface area contributed by atoms with Crippen LogP contribution in [0.4, 0.5) is 46.5 Å². The van der Waals surface area contributed by atoms with Crippen LogP contribution < -0.4 is 15.3 Å². The third-order valence-electron chi connectivity index (χ3n) is 15.4. The van der Waals surface area contributed by atoms with Gasteiger partial charge in [0.25, 0.3) is 0 Å². The summed E-state index contributed by atoms with van der Waals surface area (Å²) in [6, 6.07) is 16.6. The molecule has 2 aliphatic carbocycles. The second-order valence-corrected chi connectivity index (χ2v) is 21.6. The largest absolute Gasteiger partial charge is 0.494 e. The molecular formula is C52H52BBrF8N6O4. The summed E-state index contributed by atoms with van der Waals surface area (Å²) in [6.07, 6.45) is 1.53. The Bertz CT molecular complexity index is 3080. The smallest absolute Gasteiger partial charge is 0.399 e. The molecule has 6 aromatic rings. The van der Waals surface area contributed by atoms with Crippen molar-refractivity contribution in [2.75, 3.05) is 9.80 Å². The molecule has 2 saturated carbocycles. The average molecular weight is 1070 g/mol. The number of nitrogens with zero attached hydrogens (tertiary/aromatic N) is 6. The molecule has 20 heteroatoms. The fourth-order valence-corrected chi connectivity index (χ4v) is 11.3. The van der Waals surface area contributed by atoms with Gasteiger partial charge in [0.1, 0.15) is 11.6 Å². The van der Waals surface area contributed by atoms with Crippen molar-refractivity contribution in [1.29, 1.82) is 0 Å². The summed E-state index contributed by atoms with van der Waals surface area (Å²) in [5.41, 5.74) is 3.10. The number of halogens is 9. The Balaban J connectivity index is 0.000000170. The van der Waals surface area contributed by atoms with Crippen molar-refractivity contribution >= 4 is 73.8 Å². The molecule has 380 valence electrons. The highest BCUT2D eigenvalue weighted by molar-refractivity contribution is 9.10. The van der Waals surface area contributed by atoms with Crippen LogP contribution in [0.2, 0.25) is 0 Å². The lowest BCUT2D eigenvalue weighted by Crippen LogP contribution is -2.41. The van der Waals surface area contributed by atoms with Crippen molar-refractivity contribution in [2.45, 2.75) is 152 Å². The number of imidazole rings is 2. The molecule has 2 aromatic heterocycles. The standard InChI is InChI=1S/C29H32BF4N3O3.C23H20BrF4N3O/c1-27(2)28(3,4)40-30(39-27)17-5-8-23-22(15-17)35-26(37(23)18-11-13-29(33,34)14-12-18)24-9-10-25(38)36(24)19-6-7-20(31)21(32)16-19;24-13-1-4-19-18(11-13)29-22(31(19)14-7-9-23(27,28)10-8-14)20-5-6-21(32)30(20)15-2-3-16(25)17(26)12-15/h5-8,15-16,18,24H,9-14H2,1-4H3;1-4,11-12,14,20H,5-10H2/t24-;20-/m00/s1. The van der Waals surface area contributed by atoms with Gasteiger partial charge in [-0.3, -0.25) is 9.59 Å². The molecule has 5 heterocycles. The molecule has 2 atom stereocenters. The Morgan fingerprint density at radius 2 is 0.972 bits per heavy atom. The van der Waals surface area contributed by atoms with Gasteiger partial charge < -0.3 is 28.2 Å². The molecule has 11 rings (SSSR count). The maximum atomic E-state index is 14.2. The lowest BCUT2D eigenvalue weighted by molar-refractivity contribution is -0.118. The van der Waals surface area contributed by atoms with Gasteiger partial charge in [0.15, 0.2) is 23.3 Å². The number of rotatable bonds is 7. The topological polar surface area (TPSA) is 94.7 Å². The molecule has 0 unspecified atom stereocenters. The first-order chi connectivity index (χ1) is 34.0. The molecule has 10 nitrogen and oxygen atoms in total. The van der Waals surface area contributed by atoms with Crippen molar-refractivity contribution in [1.82, 2.24) is 19.1 Å². The predicted octanol–water partition coefficient (Wildman–Crippen LogP) is 12.9. The number of anilines is 2. The van der Waals surface area contributed by atoms with Crippen LogP contribution in [0.25, 0.3) is 22.1 Å². The van der Waals surface area contributed by atoms with Gasteiger partial charge in [0.05, 0.1) is 45.4 Å². The molecule has 5 aliphatic rings. The first-order valence-electron chi connectivity index (χ1n) is 24.3. The molecule has 4 aromatic carbocycles. The van der Waals surface area contributed by atoms with Crippen molar-refractivity contribution < 1.29 is 54.0 Å². The van der Waals surface area contributed by atoms with Gasteiger partial charge in [-0.05, 0) is 126 Å². The van der Waals surface area contributed by atoms with Crippen LogP contribution in [0.5, 0.6) is 0 Å². The lowest BCUT2D eigenvalue weighted by atomic mass is 9.79. The number of amides is 2. The van der Waals surface area contributed by atoms with E-state index in [1.165, 1.54) is 21.9 Å². The Morgan fingerprint density at radius 1 is 0.556 bits per heavy atom. The minimum Gasteiger partial charge on any atom is -0.399 e. The molecule has 0 bridgehead atoms. The first-order valence-corrected chi connectivity index (χ1v) is 25.1. The normalized spacial score (nSPS) is 23.2. The van der Waals surface area contributed by atoms with Gasteiger partial charge in [0.2, 0.25) is 23.7 Å². The van der Waals surface area contributed by atoms with E-state index in [1.54, 1.807) is 0 Å². The van der Waals surface area contributed by atoms with Gasteiger partial charge in [-0.25, -0.2) is 45.1 Å². The number of hydrogen-bond acceptors (Lipinski definition) is 6. The zero-order valence-corrected chi connectivity index (χ0v) is 41.6. The Morgan fingerprint density at radius 3 is 1.40 bits per heavy atom. The molecule has 3 saturated heterocycles. The van der Waals surface area contributed by atoms with Crippen LogP contribution in [0, 0.1) is 23.3 Å². The van der Waals surface area contributed by atoms with Crippen LogP contribution in [0.1, 0.15) is 141 Å². The van der Waals surface area contributed by atoms with E-state index >= 15 is 0 Å². The fourth-order valence-electron chi connectivity index (χ4n) is 10.9. The summed E-state index contributed by atoms with van der Waals surface area (Å²) in [5.74, 6) is -8.77. The van der Waals surface area contributed by atoms with E-state index in [1.807, 2.05) is 73.2 Å². The second-order valence-electron chi connectivity index (χ2n) is 20.7. The van der Waals surface area contributed by atoms with E-state index in [-0.39, 0.29) is 86.6 Å². The van der Waals surface area contributed by atoms with Crippen molar-refractivity contribution in [3.8, 4) is 0 Å². The first kappa shape index (κ1) is 50.2. The van der Waals surface area contributed by atoms with Gasteiger partial charge in [-0.15, -0.1) is 0 Å². The SMILES string of the molecule is CC1(C)OB(c2ccc3c(c2)nc([C@@H]2CCC(=O)N2c2ccc(F)c(F)c2)n3C2CCC(F)(F)CC2)OC1(C)C.O=C1CC[C@@H](c2nc3cc(Br)ccc3n2C2CCC(F)(F)CC2)N1c1ccc(F)c(F)c1. The van der Waals surface area contributed by atoms with Gasteiger partial charge in [0, 0.05) is 78.6 Å². The second kappa shape index (κ2) is 18.5. The summed E-state index contributed by atoms with van der Waals surface area (Å²) < 4.78 is 128. The van der Waals surface area contributed by atoms with Crippen LogP contribution in [0.3, 0.4) is 0 Å². The van der Waals surface area contributed by atoms with Crippen LogP contribution in [-0.2, 0) is 18.9 Å². The van der Waals surface area contributed by atoms with E-state index < -0.39 is 65.5 Å². The third kappa shape index (κ3) is 9.32. The number of alkyl halides is 4. The highest BCUT2D eigenvalue weighted by Crippen LogP contribution is 2.47. The van der Waals surface area contributed by atoms with E-state index in [0.717, 1.165) is 45.2 Å². The Labute approximate surface area is 419 Å². The van der Waals surface area contributed by atoms with Crippen LogP contribution in [0.15, 0.2) is 77.3 Å². The van der Waals surface area contributed by atoms with Crippen molar-refractivity contribution in [3.05, 3.63) is 112 Å². The summed E-state index contributed by atoms with van der Waals surface area (Å²) in [6.45, 7) is 7.89.